The van der Waals surface area contributed by atoms with E-state index in [1.807, 2.05) is 19.9 Å². The van der Waals surface area contributed by atoms with E-state index in [-0.39, 0.29) is 17.3 Å². The van der Waals surface area contributed by atoms with Gasteiger partial charge in [0.1, 0.15) is 0 Å². The molecule has 0 aliphatic heterocycles. The molecule has 0 radical (unpaired) electrons. The Labute approximate surface area is 134 Å². The van der Waals surface area contributed by atoms with Gasteiger partial charge in [0, 0.05) is 39.2 Å². The van der Waals surface area contributed by atoms with E-state index in [0.717, 1.165) is 12.1 Å². The molecule has 0 bridgehead atoms. The number of aryl methyl sites for hydroxylation is 2. The van der Waals surface area contributed by atoms with E-state index in [4.69, 9.17) is 4.52 Å². The van der Waals surface area contributed by atoms with Crippen molar-refractivity contribution in [2.24, 2.45) is 0 Å². The molecular weight excluding hydrogens is 296 g/mol. The van der Waals surface area contributed by atoms with Crippen LogP contribution in [-0.2, 0) is 17.8 Å². The molecule has 2 rings (SSSR count). The summed E-state index contributed by atoms with van der Waals surface area (Å²) in [7, 11) is 3.40. The van der Waals surface area contributed by atoms with Crippen molar-refractivity contribution in [1.29, 1.82) is 0 Å². The minimum absolute atomic E-state index is 0.00890. The molecule has 7 heteroatoms. The minimum atomic E-state index is -0.122. The summed E-state index contributed by atoms with van der Waals surface area (Å²) in [5.74, 6) is 0.620. The average Bonchev–Trinajstić information content (AvgIpc) is 2.97. The Hall–Kier alpha value is -2.44. The molecule has 0 spiro atoms. The second-order valence-electron chi connectivity index (χ2n) is 5.65. The van der Waals surface area contributed by atoms with Gasteiger partial charge in [0.2, 0.25) is 17.6 Å². The molecular formula is C16H22N4O3. The zero-order chi connectivity index (χ0) is 17.0. The molecule has 2 aromatic rings. The normalized spacial score (nSPS) is 10.8. The molecule has 7 nitrogen and oxygen atoms in total. The maximum atomic E-state index is 12.5. The molecule has 0 atom stereocenters. The highest BCUT2D eigenvalue weighted by molar-refractivity contribution is 5.75. The summed E-state index contributed by atoms with van der Waals surface area (Å²) in [6, 6.07) is 3.58. The Morgan fingerprint density at radius 2 is 2.09 bits per heavy atom. The molecule has 0 aliphatic rings. The van der Waals surface area contributed by atoms with Gasteiger partial charge in [0.15, 0.2) is 0 Å². The number of carbonyl (C=O) groups excluding carboxylic acids is 1. The lowest BCUT2D eigenvalue weighted by atomic mass is 10.2. The maximum Gasteiger partial charge on any atom is 0.261 e. The van der Waals surface area contributed by atoms with Crippen molar-refractivity contribution in [3.8, 4) is 11.4 Å². The van der Waals surface area contributed by atoms with E-state index in [1.165, 1.54) is 4.90 Å². The van der Waals surface area contributed by atoms with E-state index in [9.17, 15) is 9.59 Å². The highest BCUT2D eigenvalue weighted by Crippen LogP contribution is 2.13. The van der Waals surface area contributed by atoms with Crippen molar-refractivity contribution in [2.45, 2.75) is 39.7 Å². The first-order valence-corrected chi connectivity index (χ1v) is 7.67. The molecule has 0 aromatic carbocycles. The van der Waals surface area contributed by atoms with Crippen LogP contribution in [0.2, 0.25) is 0 Å². The third-order valence-electron chi connectivity index (χ3n) is 3.60. The first-order chi connectivity index (χ1) is 10.9. The largest absolute Gasteiger partial charge is 0.349 e. The lowest BCUT2D eigenvalue weighted by molar-refractivity contribution is -0.128. The zero-order valence-corrected chi connectivity index (χ0v) is 14.0. The monoisotopic (exact) mass is 318 g/mol. The summed E-state index contributed by atoms with van der Waals surface area (Å²) in [6.07, 6.45) is 1.52. The molecule has 0 unspecified atom stereocenters. The Morgan fingerprint density at radius 1 is 1.35 bits per heavy atom. The SMILES string of the molecule is CCCn1c(C)ccc(-c2noc(CCC(=O)N(C)C)n2)c1=O. The number of nitrogens with zero attached hydrogens (tertiary/aromatic N) is 4. The van der Waals surface area contributed by atoms with Crippen molar-refractivity contribution in [2.75, 3.05) is 14.1 Å². The van der Waals surface area contributed by atoms with Gasteiger partial charge >= 0.3 is 0 Å². The van der Waals surface area contributed by atoms with Crippen LogP contribution in [0, 0.1) is 6.92 Å². The molecule has 0 saturated heterocycles. The molecule has 124 valence electrons. The summed E-state index contributed by atoms with van der Waals surface area (Å²) in [6.45, 7) is 4.57. The summed E-state index contributed by atoms with van der Waals surface area (Å²) >= 11 is 0. The second kappa shape index (κ2) is 7.21. The van der Waals surface area contributed by atoms with E-state index >= 15 is 0 Å². The van der Waals surface area contributed by atoms with Crippen molar-refractivity contribution in [3.05, 3.63) is 34.1 Å². The Bertz CT molecular complexity index is 746. The van der Waals surface area contributed by atoms with Crippen LogP contribution in [-0.4, -0.2) is 39.6 Å². The average molecular weight is 318 g/mol. The van der Waals surface area contributed by atoms with Gasteiger partial charge in [-0.05, 0) is 25.5 Å². The van der Waals surface area contributed by atoms with Crippen LogP contribution in [0.4, 0.5) is 0 Å². The molecule has 0 aliphatic carbocycles. The number of rotatable bonds is 6. The van der Waals surface area contributed by atoms with Gasteiger partial charge in [-0.25, -0.2) is 0 Å². The van der Waals surface area contributed by atoms with E-state index < -0.39 is 0 Å². The lowest BCUT2D eigenvalue weighted by Crippen LogP contribution is -2.23. The van der Waals surface area contributed by atoms with Gasteiger partial charge in [0.25, 0.3) is 5.56 Å². The zero-order valence-electron chi connectivity index (χ0n) is 14.0. The van der Waals surface area contributed by atoms with Crippen LogP contribution >= 0.6 is 0 Å². The number of carbonyl (C=O) groups is 1. The smallest absolute Gasteiger partial charge is 0.261 e. The van der Waals surface area contributed by atoms with Crippen LogP contribution < -0.4 is 5.56 Å². The summed E-state index contributed by atoms with van der Waals surface area (Å²) in [5, 5.41) is 3.88. The Morgan fingerprint density at radius 3 is 2.74 bits per heavy atom. The fourth-order valence-electron chi connectivity index (χ4n) is 2.25. The maximum absolute atomic E-state index is 12.5. The number of hydrogen-bond donors (Lipinski definition) is 0. The molecule has 1 amide bonds. The van der Waals surface area contributed by atoms with Gasteiger partial charge in [-0.3, -0.25) is 9.59 Å². The highest BCUT2D eigenvalue weighted by Gasteiger charge is 2.15. The lowest BCUT2D eigenvalue weighted by Gasteiger charge is -2.09. The number of pyridine rings is 1. The minimum Gasteiger partial charge on any atom is -0.349 e. The molecule has 2 aromatic heterocycles. The van der Waals surface area contributed by atoms with Gasteiger partial charge in [-0.15, -0.1) is 0 Å². The summed E-state index contributed by atoms with van der Waals surface area (Å²) in [4.78, 5) is 29.9. The van der Waals surface area contributed by atoms with Crippen LogP contribution in [0.15, 0.2) is 21.5 Å². The van der Waals surface area contributed by atoms with Gasteiger partial charge in [-0.1, -0.05) is 12.1 Å². The first-order valence-electron chi connectivity index (χ1n) is 7.67. The van der Waals surface area contributed by atoms with Gasteiger partial charge in [-0.2, -0.15) is 4.98 Å². The standard InChI is InChI=1S/C16H22N4O3/c1-5-10-20-11(2)6-7-12(16(20)22)15-17-13(23-18-15)8-9-14(21)19(3)4/h6-7H,5,8-10H2,1-4H3. The van der Waals surface area contributed by atoms with Gasteiger partial charge in [0.05, 0.1) is 5.56 Å². The quantitative estimate of drug-likeness (QED) is 0.808. The predicted molar refractivity (Wildman–Crippen MR) is 86.0 cm³/mol. The molecule has 2 heterocycles. The molecule has 0 saturated carbocycles. The third-order valence-corrected chi connectivity index (χ3v) is 3.60. The summed E-state index contributed by atoms with van der Waals surface area (Å²) in [5.41, 5.74) is 1.20. The fourth-order valence-corrected chi connectivity index (χ4v) is 2.25. The third kappa shape index (κ3) is 3.85. The predicted octanol–water partition coefficient (Wildman–Crippen LogP) is 1.64. The van der Waals surface area contributed by atoms with Crippen molar-refractivity contribution in [3.63, 3.8) is 0 Å². The van der Waals surface area contributed by atoms with E-state index in [2.05, 4.69) is 10.1 Å². The number of amides is 1. The second-order valence-corrected chi connectivity index (χ2v) is 5.65. The van der Waals surface area contributed by atoms with Crippen molar-refractivity contribution in [1.82, 2.24) is 19.6 Å². The summed E-state index contributed by atoms with van der Waals surface area (Å²) < 4.78 is 6.86. The van der Waals surface area contributed by atoms with E-state index in [1.54, 1.807) is 24.7 Å². The molecule has 23 heavy (non-hydrogen) atoms. The molecule has 0 fully saturated rings. The van der Waals surface area contributed by atoms with Crippen molar-refractivity contribution >= 4 is 5.91 Å². The highest BCUT2D eigenvalue weighted by atomic mass is 16.5. The van der Waals surface area contributed by atoms with Gasteiger partial charge < -0.3 is 14.0 Å². The molecule has 0 N–H and O–H groups in total. The Balaban J connectivity index is 2.22. The fraction of sp³-hybridized carbons (Fsp3) is 0.500. The van der Waals surface area contributed by atoms with Crippen LogP contribution in [0.5, 0.6) is 0 Å². The first kappa shape index (κ1) is 16.9. The number of aromatic nitrogens is 3. The topological polar surface area (TPSA) is 81.2 Å². The van der Waals surface area contributed by atoms with Crippen LogP contribution in [0.3, 0.4) is 0 Å². The van der Waals surface area contributed by atoms with Crippen LogP contribution in [0.25, 0.3) is 11.4 Å². The van der Waals surface area contributed by atoms with Crippen molar-refractivity contribution < 1.29 is 9.32 Å². The van der Waals surface area contributed by atoms with E-state index in [0.29, 0.717) is 30.8 Å². The van der Waals surface area contributed by atoms with Crippen LogP contribution in [0.1, 0.15) is 31.4 Å². The Kier molecular flexibility index (Phi) is 5.31. The number of hydrogen-bond acceptors (Lipinski definition) is 5.